The molecular formula is C19H18ClF3N2O3S. The van der Waals surface area contributed by atoms with Crippen LogP contribution in [0.4, 0.5) is 18.9 Å². The van der Waals surface area contributed by atoms with Crippen LogP contribution in [-0.2, 0) is 21.0 Å². The van der Waals surface area contributed by atoms with Gasteiger partial charge in [0.2, 0.25) is 15.9 Å². The zero-order valence-corrected chi connectivity index (χ0v) is 16.7. The Hall–Kier alpha value is -2.10. The van der Waals surface area contributed by atoms with Crippen LogP contribution in [0.5, 0.6) is 0 Å². The molecule has 1 amide bonds. The van der Waals surface area contributed by atoms with E-state index in [0.29, 0.717) is 10.7 Å². The van der Waals surface area contributed by atoms with Crippen LogP contribution in [0.25, 0.3) is 0 Å². The highest BCUT2D eigenvalue weighted by atomic mass is 35.5. The number of carbonyl (C=O) groups is 1. The largest absolute Gasteiger partial charge is 0.417 e. The maximum Gasteiger partial charge on any atom is 0.417 e. The van der Waals surface area contributed by atoms with E-state index in [1.54, 1.807) is 24.3 Å². The quantitative estimate of drug-likeness (QED) is 0.757. The summed E-state index contributed by atoms with van der Waals surface area (Å²) in [5.74, 6) is -0.699. The predicted molar refractivity (Wildman–Crippen MR) is 103 cm³/mol. The molecule has 0 spiro atoms. The number of anilines is 1. The van der Waals surface area contributed by atoms with Crippen LogP contribution < -0.4 is 5.32 Å². The lowest BCUT2D eigenvalue weighted by atomic mass is 9.97. The summed E-state index contributed by atoms with van der Waals surface area (Å²) in [6.45, 7) is -0.0690. The molecule has 0 aromatic heterocycles. The van der Waals surface area contributed by atoms with Crippen LogP contribution in [0.2, 0.25) is 5.02 Å². The Morgan fingerprint density at radius 2 is 1.62 bits per heavy atom. The van der Waals surface area contributed by atoms with E-state index in [9.17, 15) is 26.4 Å². The molecule has 0 radical (unpaired) electrons. The number of nitrogens with one attached hydrogen (secondary N) is 1. The van der Waals surface area contributed by atoms with Crippen molar-refractivity contribution in [1.29, 1.82) is 0 Å². The maximum atomic E-state index is 13.2. The van der Waals surface area contributed by atoms with Crippen molar-refractivity contribution in [2.24, 2.45) is 5.92 Å². The third-order valence-corrected chi connectivity index (χ3v) is 6.96. The third kappa shape index (κ3) is 4.91. The van der Waals surface area contributed by atoms with Crippen molar-refractivity contribution in [3.63, 3.8) is 0 Å². The minimum absolute atomic E-state index is 0.0345. The number of carbonyl (C=O) groups excluding carboxylic acids is 1. The van der Waals surface area contributed by atoms with Gasteiger partial charge in [0.1, 0.15) is 0 Å². The van der Waals surface area contributed by atoms with Crippen LogP contribution in [0.15, 0.2) is 53.4 Å². The second-order valence-electron chi connectivity index (χ2n) is 6.67. The van der Waals surface area contributed by atoms with Gasteiger partial charge in [-0.05, 0) is 49.2 Å². The number of halogens is 4. The molecule has 0 aliphatic carbocycles. The molecule has 1 saturated heterocycles. The zero-order valence-electron chi connectivity index (χ0n) is 15.1. The second-order valence-corrected chi connectivity index (χ2v) is 9.01. The molecule has 1 aliphatic rings. The number of alkyl halides is 3. The first-order valence-electron chi connectivity index (χ1n) is 8.82. The molecular weight excluding hydrogens is 429 g/mol. The summed E-state index contributed by atoms with van der Waals surface area (Å²) in [5.41, 5.74) is -0.629. The van der Waals surface area contributed by atoms with Gasteiger partial charge in [0, 0.05) is 29.7 Å². The van der Waals surface area contributed by atoms with E-state index >= 15 is 0 Å². The summed E-state index contributed by atoms with van der Waals surface area (Å²) >= 11 is 5.80. The number of nitrogens with zero attached hydrogens (tertiary/aromatic N) is 1. The van der Waals surface area contributed by atoms with Crippen molar-refractivity contribution >= 4 is 33.2 Å². The number of amides is 1. The molecule has 0 atom stereocenters. The molecule has 0 bridgehead atoms. The van der Waals surface area contributed by atoms with Gasteiger partial charge in [-0.25, -0.2) is 8.42 Å². The lowest BCUT2D eigenvalue weighted by Gasteiger charge is -2.31. The van der Waals surface area contributed by atoms with Crippen molar-refractivity contribution < 1.29 is 26.4 Å². The highest BCUT2D eigenvalue weighted by molar-refractivity contribution is 7.89. The molecule has 1 fully saturated rings. The van der Waals surface area contributed by atoms with Crippen molar-refractivity contribution in [3.8, 4) is 0 Å². The number of benzene rings is 2. The average molecular weight is 447 g/mol. The third-order valence-electron chi connectivity index (χ3n) is 4.75. The van der Waals surface area contributed by atoms with Crippen molar-refractivity contribution in [3.05, 3.63) is 59.1 Å². The van der Waals surface area contributed by atoms with Gasteiger partial charge < -0.3 is 5.32 Å². The second kappa shape index (κ2) is 8.33. The molecule has 0 unspecified atom stereocenters. The first-order valence-corrected chi connectivity index (χ1v) is 10.6. The molecule has 3 rings (SSSR count). The Morgan fingerprint density at radius 1 is 1.03 bits per heavy atom. The standard InChI is InChI=1S/C19H18ClF3N2O3S/c20-14-5-7-15(8-6-14)24-18(26)13-9-11-25(12-10-13)29(27,28)17-4-2-1-3-16(17)19(21,22)23/h1-8,13H,9-12H2,(H,24,26). The smallest absolute Gasteiger partial charge is 0.326 e. The minimum Gasteiger partial charge on any atom is -0.326 e. The fraction of sp³-hybridized carbons (Fsp3) is 0.316. The lowest BCUT2D eigenvalue weighted by Crippen LogP contribution is -2.41. The molecule has 10 heteroatoms. The Bertz CT molecular complexity index is 987. The highest BCUT2D eigenvalue weighted by Crippen LogP contribution is 2.36. The monoisotopic (exact) mass is 446 g/mol. The van der Waals surface area contributed by atoms with Gasteiger partial charge in [-0.1, -0.05) is 23.7 Å². The van der Waals surface area contributed by atoms with Gasteiger partial charge in [0.05, 0.1) is 10.5 Å². The number of sulfonamides is 1. The van der Waals surface area contributed by atoms with Crippen molar-refractivity contribution in [2.75, 3.05) is 18.4 Å². The Balaban J connectivity index is 1.69. The molecule has 1 N–H and O–H groups in total. The first-order chi connectivity index (χ1) is 13.6. The summed E-state index contributed by atoms with van der Waals surface area (Å²) in [7, 11) is -4.32. The van der Waals surface area contributed by atoms with Crippen LogP contribution in [-0.4, -0.2) is 31.7 Å². The molecule has 1 aliphatic heterocycles. The molecule has 156 valence electrons. The van der Waals surface area contributed by atoms with Crippen molar-refractivity contribution in [1.82, 2.24) is 4.31 Å². The molecule has 2 aromatic rings. The van der Waals surface area contributed by atoms with Crippen molar-refractivity contribution in [2.45, 2.75) is 23.9 Å². The number of hydrogen-bond donors (Lipinski definition) is 1. The minimum atomic E-state index is -4.78. The topological polar surface area (TPSA) is 66.5 Å². The zero-order chi connectivity index (χ0) is 21.2. The van der Waals surface area contributed by atoms with Crippen LogP contribution in [0.1, 0.15) is 18.4 Å². The van der Waals surface area contributed by atoms with Crippen LogP contribution >= 0.6 is 11.6 Å². The van der Waals surface area contributed by atoms with E-state index in [2.05, 4.69) is 5.32 Å². The first kappa shape index (κ1) is 21.6. The maximum absolute atomic E-state index is 13.2. The summed E-state index contributed by atoms with van der Waals surface area (Å²) < 4.78 is 66.1. The number of hydrogen-bond acceptors (Lipinski definition) is 3. The van der Waals surface area contributed by atoms with E-state index < -0.39 is 32.6 Å². The van der Waals surface area contributed by atoms with E-state index in [4.69, 9.17) is 11.6 Å². The predicted octanol–water partition coefficient (Wildman–Crippen LogP) is 4.40. The lowest BCUT2D eigenvalue weighted by molar-refractivity contribution is -0.139. The van der Waals surface area contributed by atoms with Gasteiger partial charge in [0.25, 0.3) is 0 Å². The average Bonchev–Trinajstić information content (AvgIpc) is 2.69. The molecule has 29 heavy (non-hydrogen) atoms. The van der Waals surface area contributed by atoms with Gasteiger partial charge in [-0.3, -0.25) is 4.79 Å². The SMILES string of the molecule is O=C(Nc1ccc(Cl)cc1)C1CCN(S(=O)(=O)c2ccccc2C(F)(F)F)CC1. The Morgan fingerprint density at radius 3 is 2.21 bits per heavy atom. The Kier molecular flexibility index (Phi) is 6.21. The summed E-state index contributed by atoms with van der Waals surface area (Å²) in [6, 6.07) is 10.7. The fourth-order valence-electron chi connectivity index (χ4n) is 3.20. The summed E-state index contributed by atoms with van der Waals surface area (Å²) in [6.07, 6.45) is -4.35. The van der Waals surface area contributed by atoms with E-state index in [1.807, 2.05) is 0 Å². The molecule has 2 aromatic carbocycles. The van der Waals surface area contributed by atoms with Crippen LogP contribution in [0.3, 0.4) is 0 Å². The van der Waals surface area contributed by atoms with Gasteiger partial charge >= 0.3 is 6.18 Å². The Labute approximate surface area is 171 Å². The molecule has 1 heterocycles. The molecule has 5 nitrogen and oxygen atoms in total. The van der Waals surface area contributed by atoms with Gasteiger partial charge in [-0.15, -0.1) is 0 Å². The highest BCUT2D eigenvalue weighted by Gasteiger charge is 2.40. The summed E-state index contributed by atoms with van der Waals surface area (Å²) in [5, 5.41) is 3.27. The molecule has 0 saturated carbocycles. The van der Waals surface area contributed by atoms with Gasteiger partial charge in [-0.2, -0.15) is 17.5 Å². The van der Waals surface area contributed by atoms with E-state index in [1.165, 1.54) is 6.07 Å². The van der Waals surface area contributed by atoms with Crippen LogP contribution in [0, 0.1) is 5.92 Å². The fourth-order valence-corrected chi connectivity index (χ4v) is 5.01. The van der Waals surface area contributed by atoms with E-state index in [-0.39, 0.29) is 31.8 Å². The summed E-state index contributed by atoms with van der Waals surface area (Å²) in [4.78, 5) is 11.6. The number of rotatable bonds is 4. The number of piperidine rings is 1. The van der Waals surface area contributed by atoms with Gasteiger partial charge in [0.15, 0.2) is 0 Å². The van der Waals surface area contributed by atoms with E-state index in [0.717, 1.165) is 22.5 Å². The normalized spacial score (nSPS) is 16.6.